The molecule has 1 aliphatic rings. The van der Waals surface area contributed by atoms with Crippen LogP contribution < -0.4 is 15.4 Å². The third kappa shape index (κ3) is 8.16. The van der Waals surface area contributed by atoms with Crippen molar-refractivity contribution in [1.29, 1.82) is 0 Å². The van der Waals surface area contributed by atoms with E-state index >= 15 is 0 Å². The van der Waals surface area contributed by atoms with Gasteiger partial charge in [0.1, 0.15) is 12.4 Å². The van der Waals surface area contributed by atoms with E-state index in [2.05, 4.69) is 25.7 Å². The number of halogens is 1. The molecular formula is C31H32ClN5O5. The van der Waals surface area contributed by atoms with Crippen LogP contribution in [-0.2, 0) is 11.2 Å². The summed E-state index contributed by atoms with van der Waals surface area (Å²) in [7, 11) is 0. The normalized spacial score (nSPS) is 14.2. The minimum atomic E-state index is -0.437. The van der Waals surface area contributed by atoms with Gasteiger partial charge < -0.3 is 24.6 Å². The molecule has 2 N–H and O–H groups in total. The number of hydrogen-bond donors (Lipinski definition) is 2. The smallest absolute Gasteiger partial charge is 0.292 e. The van der Waals surface area contributed by atoms with Crippen molar-refractivity contribution in [2.24, 2.45) is 0 Å². The molecule has 1 fully saturated rings. The van der Waals surface area contributed by atoms with E-state index in [4.69, 9.17) is 25.6 Å². The Morgan fingerprint density at radius 3 is 2.31 bits per heavy atom. The predicted octanol–water partition coefficient (Wildman–Crippen LogP) is 3.87. The minimum Gasteiger partial charge on any atom is -0.492 e. The Morgan fingerprint density at radius 2 is 1.60 bits per heavy atom. The maximum absolute atomic E-state index is 12.8. The van der Waals surface area contributed by atoms with Crippen LogP contribution >= 0.6 is 11.6 Å². The molecule has 0 spiro atoms. The zero-order chi connectivity index (χ0) is 29.1. The number of morpholine rings is 1. The molecule has 4 aromatic rings. The van der Waals surface area contributed by atoms with Gasteiger partial charge in [-0.25, -0.2) is 0 Å². The quantitative estimate of drug-likeness (QED) is 0.256. The van der Waals surface area contributed by atoms with Crippen molar-refractivity contribution in [2.75, 3.05) is 46.0 Å². The van der Waals surface area contributed by atoms with Crippen LogP contribution in [0.2, 0.25) is 5.02 Å². The van der Waals surface area contributed by atoms with Gasteiger partial charge in [0.15, 0.2) is 0 Å². The zero-order valence-electron chi connectivity index (χ0n) is 23.0. The second-order valence-corrected chi connectivity index (χ2v) is 10.2. The molecule has 1 atom stereocenters. The van der Waals surface area contributed by atoms with Gasteiger partial charge in [0.25, 0.3) is 17.6 Å². The van der Waals surface area contributed by atoms with Crippen molar-refractivity contribution in [3.8, 4) is 16.9 Å². The minimum absolute atomic E-state index is 0.0557. The fourth-order valence-corrected chi connectivity index (χ4v) is 4.65. The Labute approximate surface area is 249 Å². The van der Waals surface area contributed by atoms with E-state index in [1.165, 1.54) is 0 Å². The summed E-state index contributed by atoms with van der Waals surface area (Å²) in [6.45, 7) is 3.81. The number of benzene rings is 3. The van der Waals surface area contributed by atoms with Crippen LogP contribution in [0.3, 0.4) is 0 Å². The van der Waals surface area contributed by atoms with Gasteiger partial charge in [-0.1, -0.05) is 59.2 Å². The topological polar surface area (TPSA) is 119 Å². The van der Waals surface area contributed by atoms with Crippen LogP contribution in [0.15, 0.2) is 83.4 Å². The molecule has 10 nitrogen and oxygen atoms in total. The zero-order valence-corrected chi connectivity index (χ0v) is 23.8. The molecule has 2 heterocycles. The largest absolute Gasteiger partial charge is 0.492 e. The van der Waals surface area contributed by atoms with E-state index in [1.807, 2.05) is 66.7 Å². The number of carbonyl (C=O) groups is 2. The third-order valence-corrected chi connectivity index (χ3v) is 7.12. The first-order valence-electron chi connectivity index (χ1n) is 13.8. The summed E-state index contributed by atoms with van der Waals surface area (Å²) < 4.78 is 16.7. The fraction of sp³-hybridized carbons (Fsp3) is 0.290. The van der Waals surface area contributed by atoms with Crippen molar-refractivity contribution < 1.29 is 23.6 Å². The monoisotopic (exact) mass is 589 g/mol. The highest BCUT2D eigenvalue weighted by Crippen LogP contribution is 2.22. The second-order valence-electron chi connectivity index (χ2n) is 9.74. The van der Waals surface area contributed by atoms with Gasteiger partial charge in [-0.3, -0.25) is 14.5 Å². The molecule has 1 saturated heterocycles. The number of carbonyl (C=O) groups excluding carboxylic acids is 2. The first-order valence-corrected chi connectivity index (χ1v) is 14.2. The molecule has 42 heavy (non-hydrogen) atoms. The van der Waals surface area contributed by atoms with Gasteiger partial charge in [-0.2, -0.15) is 4.98 Å². The number of nitrogens with zero attached hydrogens (tertiary/aromatic N) is 3. The van der Waals surface area contributed by atoms with Crippen LogP contribution in [0.25, 0.3) is 11.1 Å². The number of aromatic nitrogens is 2. The van der Waals surface area contributed by atoms with Gasteiger partial charge in [0.2, 0.25) is 5.89 Å². The third-order valence-electron chi connectivity index (χ3n) is 6.87. The van der Waals surface area contributed by atoms with Crippen molar-refractivity contribution in [3.05, 3.63) is 101 Å². The standard InChI is InChI=1S/C31H32ClN5O5/c32-25-12-10-23(11-13-25)22-6-8-24(9-7-22)30(38)33-15-14-28-35-29(36-42-28)31(39)34-20-26(37-16-18-40-19-17-37)21-41-27-4-2-1-3-5-27/h1-13,26H,14-21H2,(H,33,38)(H,34,39). The fourth-order valence-electron chi connectivity index (χ4n) is 4.52. The van der Waals surface area contributed by atoms with E-state index in [0.717, 1.165) is 30.0 Å². The Kier molecular flexibility index (Phi) is 10.2. The number of nitrogens with one attached hydrogen (secondary N) is 2. The van der Waals surface area contributed by atoms with Crippen LogP contribution in [0, 0.1) is 0 Å². The number of ether oxygens (including phenoxy) is 2. The maximum Gasteiger partial charge on any atom is 0.292 e. The Balaban J connectivity index is 1.08. The van der Waals surface area contributed by atoms with E-state index in [-0.39, 0.29) is 36.6 Å². The van der Waals surface area contributed by atoms with Crippen molar-refractivity contribution in [2.45, 2.75) is 12.5 Å². The highest BCUT2D eigenvalue weighted by Gasteiger charge is 2.24. The van der Waals surface area contributed by atoms with Crippen molar-refractivity contribution >= 4 is 23.4 Å². The summed E-state index contributed by atoms with van der Waals surface area (Å²) in [4.78, 5) is 31.8. The van der Waals surface area contributed by atoms with Gasteiger partial charge in [0.05, 0.1) is 19.3 Å². The molecule has 218 valence electrons. The molecular weight excluding hydrogens is 558 g/mol. The molecule has 1 aromatic heterocycles. The average Bonchev–Trinajstić information content (AvgIpc) is 3.51. The van der Waals surface area contributed by atoms with E-state index in [0.29, 0.717) is 37.0 Å². The summed E-state index contributed by atoms with van der Waals surface area (Å²) in [5.74, 6) is 0.316. The first kappa shape index (κ1) is 29.2. The molecule has 1 unspecified atom stereocenters. The van der Waals surface area contributed by atoms with Crippen LogP contribution in [0.5, 0.6) is 5.75 Å². The highest BCUT2D eigenvalue weighted by molar-refractivity contribution is 6.30. The summed E-state index contributed by atoms with van der Waals surface area (Å²) in [5.41, 5.74) is 2.53. The molecule has 1 aliphatic heterocycles. The number of para-hydroxylation sites is 1. The Bertz CT molecular complexity index is 1440. The summed E-state index contributed by atoms with van der Waals surface area (Å²) >= 11 is 5.96. The first-order chi connectivity index (χ1) is 20.5. The predicted molar refractivity (Wildman–Crippen MR) is 158 cm³/mol. The average molecular weight is 590 g/mol. The Hall–Kier alpha value is -4.25. The lowest BCUT2D eigenvalue weighted by molar-refractivity contribution is 0.00641. The number of hydrogen-bond acceptors (Lipinski definition) is 8. The molecule has 5 rings (SSSR count). The molecule has 0 saturated carbocycles. The Morgan fingerprint density at radius 1 is 0.905 bits per heavy atom. The second kappa shape index (κ2) is 14.6. The van der Waals surface area contributed by atoms with Crippen LogP contribution in [0.4, 0.5) is 0 Å². The van der Waals surface area contributed by atoms with E-state index in [1.54, 1.807) is 12.1 Å². The number of rotatable bonds is 12. The molecule has 0 radical (unpaired) electrons. The number of amides is 2. The molecule has 3 aromatic carbocycles. The molecule has 0 bridgehead atoms. The molecule has 11 heteroatoms. The van der Waals surface area contributed by atoms with Gasteiger partial charge in [0, 0.05) is 43.2 Å². The highest BCUT2D eigenvalue weighted by atomic mass is 35.5. The summed E-state index contributed by atoms with van der Waals surface area (Å²) in [6, 6.07) is 24.3. The van der Waals surface area contributed by atoms with Gasteiger partial charge in [-0.15, -0.1) is 0 Å². The van der Waals surface area contributed by atoms with Crippen molar-refractivity contribution in [1.82, 2.24) is 25.7 Å². The van der Waals surface area contributed by atoms with Crippen LogP contribution in [-0.4, -0.2) is 78.9 Å². The maximum atomic E-state index is 12.8. The summed E-state index contributed by atoms with van der Waals surface area (Å²) in [6.07, 6.45) is 0.288. The van der Waals surface area contributed by atoms with Gasteiger partial charge >= 0.3 is 0 Å². The van der Waals surface area contributed by atoms with E-state index in [9.17, 15) is 9.59 Å². The lowest BCUT2D eigenvalue weighted by Crippen LogP contribution is -2.51. The van der Waals surface area contributed by atoms with Crippen LogP contribution in [0.1, 0.15) is 26.9 Å². The van der Waals surface area contributed by atoms with Crippen molar-refractivity contribution in [3.63, 3.8) is 0 Å². The SMILES string of the molecule is O=C(NCCc1nc(C(=O)NCC(COc2ccccc2)N2CCOCC2)no1)c1ccc(-c2ccc(Cl)cc2)cc1. The lowest BCUT2D eigenvalue weighted by Gasteiger charge is -2.34. The van der Waals surface area contributed by atoms with E-state index < -0.39 is 5.91 Å². The van der Waals surface area contributed by atoms with Gasteiger partial charge in [-0.05, 0) is 47.5 Å². The summed E-state index contributed by atoms with van der Waals surface area (Å²) in [5, 5.41) is 10.2. The molecule has 2 amide bonds. The molecule has 0 aliphatic carbocycles. The lowest BCUT2D eigenvalue weighted by atomic mass is 10.0.